The Morgan fingerprint density at radius 3 is 3.06 bits per heavy atom. The molecule has 1 aromatic heterocycles. The molecule has 18 heavy (non-hydrogen) atoms. The molecule has 0 amide bonds. The Labute approximate surface area is 104 Å². The Hall–Kier alpha value is -1.88. The first-order valence-corrected chi connectivity index (χ1v) is 5.88. The second-order valence-corrected chi connectivity index (χ2v) is 4.26. The van der Waals surface area contributed by atoms with Gasteiger partial charge in [-0.1, -0.05) is 0 Å². The molecule has 4 nitrogen and oxygen atoms in total. The summed E-state index contributed by atoms with van der Waals surface area (Å²) >= 11 is 0. The molecule has 0 radical (unpaired) electrons. The van der Waals surface area contributed by atoms with E-state index in [1.54, 1.807) is 12.1 Å². The van der Waals surface area contributed by atoms with Crippen LogP contribution in [0.4, 0.5) is 4.39 Å². The summed E-state index contributed by atoms with van der Waals surface area (Å²) in [6, 6.07) is 4.83. The molecule has 0 saturated heterocycles. The zero-order chi connectivity index (χ0) is 12.5. The SMILES string of the molecule is COc1ccc(-c2cn3c(n2)CNCC3)c(F)c1. The number of nitrogens with one attached hydrogen (secondary N) is 1. The Bertz CT molecular complexity index is 556. The predicted molar refractivity (Wildman–Crippen MR) is 65.9 cm³/mol. The fraction of sp³-hybridized carbons (Fsp3) is 0.308. The van der Waals surface area contributed by atoms with Crippen LogP contribution in [0.15, 0.2) is 24.4 Å². The summed E-state index contributed by atoms with van der Waals surface area (Å²) in [5.74, 6) is 1.16. The number of rotatable bonds is 2. The van der Waals surface area contributed by atoms with Crippen molar-refractivity contribution in [3.8, 4) is 17.0 Å². The van der Waals surface area contributed by atoms with Gasteiger partial charge in [-0.15, -0.1) is 0 Å². The third kappa shape index (κ3) is 1.86. The quantitative estimate of drug-likeness (QED) is 0.879. The second kappa shape index (κ2) is 4.42. The summed E-state index contributed by atoms with van der Waals surface area (Å²) in [4.78, 5) is 4.46. The van der Waals surface area contributed by atoms with Crippen LogP contribution >= 0.6 is 0 Å². The maximum Gasteiger partial charge on any atom is 0.136 e. The number of fused-ring (bicyclic) bond motifs is 1. The molecule has 0 fully saturated rings. The van der Waals surface area contributed by atoms with Crippen molar-refractivity contribution in [3.63, 3.8) is 0 Å². The van der Waals surface area contributed by atoms with Crippen molar-refractivity contribution in [3.05, 3.63) is 36.0 Å². The van der Waals surface area contributed by atoms with Crippen LogP contribution in [-0.4, -0.2) is 23.2 Å². The summed E-state index contributed by atoms with van der Waals surface area (Å²) in [7, 11) is 1.52. The van der Waals surface area contributed by atoms with Gasteiger partial charge in [0.15, 0.2) is 0 Å². The molecule has 0 unspecified atom stereocenters. The Morgan fingerprint density at radius 2 is 2.33 bits per heavy atom. The van der Waals surface area contributed by atoms with Gasteiger partial charge in [0.1, 0.15) is 17.4 Å². The van der Waals surface area contributed by atoms with E-state index in [4.69, 9.17) is 4.74 Å². The summed E-state index contributed by atoms with van der Waals surface area (Å²) < 4.78 is 21.0. The van der Waals surface area contributed by atoms with Gasteiger partial charge in [-0.05, 0) is 12.1 Å². The number of halogens is 1. The molecule has 0 bridgehead atoms. The largest absolute Gasteiger partial charge is 0.497 e. The molecule has 0 saturated carbocycles. The van der Waals surface area contributed by atoms with Crippen LogP contribution in [0, 0.1) is 5.82 Å². The number of methoxy groups -OCH3 is 1. The highest BCUT2D eigenvalue weighted by atomic mass is 19.1. The standard InChI is InChI=1S/C13H14FN3O/c1-18-9-2-3-10(11(14)6-9)12-8-17-5-4-15-7-13(17)16-12/h2-3,6,8,15H,4-5,7H2,1H3. The molecule has 0 spiro atoms. The molecule has 2 heterocycles. The Balaban J connectivity index is 2.01. The molecule has 94 valence electrons. The molecule has 1 aromatic carbocycles. The van der Waals surface area contributed by atoms with E-state index in [1.165, 1.54) is 13.2 Å². The average molecular weight is 247 g/mol. The van der Waals surface area contributed by atoms with Crippen molar-refractivity contribution in [2.75, 3.05) is 13.7 Å². The minimum atomic E-state index is -0.308. The molecular weight excluding hydrogens is 233 g/mol. The van der Waals surface area contributed by atoms with Crippen LogP contribution in [0.3, 0.4) is 0 Å². The maximum absolute atomic E-state index is 13.9. The van der Waals surface area contributed by atoms with E-state index in [0.29, 0.717) is 17.0 Å². The highest BCUT2D eigenvalue weighted by Gasteiger charge is 2.15. The molecule has 1 N–H and O–H groups in total. The molecular formula is C13H14FN3O. The molecule has 0 aliphatic carbocycles. The van der Waals surface area contributed by atoms with Crippen molar-refractivity contribution in [2.45, 2.75) is 13.1 Å². The van der Waals surface area contributed by atoms with Gasteiger partial charge in [-0.25, -0.2) is 9.37 Å². The first-order chi connectivity index (χ1) is 8.78. The van der Waals surface area contributed by atoms with Crippen LogP contribution in [0.1, 0.15) is 5.82 Å². The zero-order valence-corrected chi connectivity index (χ0v) is 10.1. The lowest BCUT2D eigenvalue weighted by molar-refractivity contribution is 0.411. The van der Waals surface area contributed by atoms with Gasteiger partial charge in [0, 0.05) is 30.9 Å². The van der Waals surface area contributed by atoms with Gasteiger partial charge in [-0.3, -0.25) is 0 Å². The van der Waals surface area contributed by atoms with Crippen LogP contribution < -0.4 is 10.1 Å². The molecule has 0 atom stereocenters. The van der Waals surface area contributed by atoms with E-state index in [1.807, 2.05) is 6.20 Å². The number of hydrogen-bond acceptors (Lipinski definition) is 3. The number of nitrogens with zero attached hydrogens (tertiary/aromatic N) is 2. The first-order valence-electron chi connectivity index (χ1n) is 5.88. The monoisotopic (exact) mass is 247 g/mol. The normalized spacial score (nSPS) is 14.3. The van der Waals surface area contributed by atoms with E-state index < -0.39 is 0 Å². The predicted octanol–water partition coefficient (Wildman–Crippen LogP) is 1.80. The lowest BCUT2D eigenvalue weighted by Crippen LogP contribution is -2.27. The van der Waals surface area contributed by atoms with Crippen molar-refractivity contribution in [2.24, 2.45) is 0 Å². The number of benzene rings is 1. The average Bonchev–Trinajstić information content (AvgIpc) is 2.81. The van der Waals surface area contributed by atoms with Crippen LogP contribution in [0.5, 0.6) is 5.75 Å². The Kier molecular flexibility index (Phi) is 2.76. The summed E-state index contributed by atoms with van der Waals surface area (Å²) in [5.41, 5.74) is 1.19. The minimum absolute atomic E-state index is 0.308. The highest BCUT2D eigenvalue weighted by Crippen LogP contribution is 2.26. The number of imidazole rings is 1. The van der Waals surface area contributed by atoms with E-state index in [-0.39, 0.29) is 5.82 Å². The third-order valence-corrected chi connectivity index (χ3v) is 3.12. The lowest BCUT2D eigenvalue weighted by atomic mass is 10.1. The summed E-state index contributed by atoms with van der Waals surface area (Å²) in [6.45, 7) is 2.53. The van der Waals surface area contributed by atoms with E-state index in [9.17, 15) is 4.39 Å². The van der Waals surface area contributed by atoms with Crippen molar-refractivity contribution in [1.29, 1.82) is 0 Å². The molecule has 1 aliphatic heterocycles. The fourth-order valence-electron chi connectivity index (χ4n) is 2.15. The van der Waals surface area contributed by atoms with Crippen molar-refractivity contribution >= 4 is 0 Å². The highest BCUT2D eigenvalue weighted by molar-refractivity contribution is 5.60. The van der Waals surface area contributed by atoms with Gasteiger partial charge in [0.25, 0.3) is 0 Å². The molecule has 2 aromatic rings. The van der Waals surface area contributed by atoms with Crippen LogP contribution in [-0.2, 0) is 13.1 Å². The number of aromatic nitrogens is 2. The van der Waals surface area contributed by atoms with E-state index in [2.05, 4.69) is 14.9 Å². The summed E-state index contributed by atoms with van der Waals surface area (Å²) in [6.07, 6.45) is 1.90. The zero-order valence-electron chi connectivity index (χ0n) is 10.1. The fourth-order valence-corrected chi connectivity index (χ4v) is 2.15. The van der Waals surface area contributed by atoms with E-state index in [0.717, 1.165) is 25.5 Å². The third-order valence-electron chi connectivity index (χ3n) is 3.12. The van der Waals surface area contributed by atoms with Crippen LogP contribution in [0.25, 0.3) is 11.3 Å². The first kappa shape index (κ1) is 11.2. The van der Waals surface area contributed by atoms with Gasteiger partial charge in [0.2, 0.25) is 0 Å². The number of hydrogen-bond donors (Lipinski definition) is 1. The molecule has 5 heteroatoms. The number of ether oxygens (including phenoxy) is 1. The lowest BCUT2D eigenvalue weighted by Gasteiger charge is -2.13. The maximum atomic E-state index is 13.9. The van der Waals surface area contributed by atoms with E-state index >= 15 is 0 Å². The smallest absolute Gasteiger partial charge is 0.136 e. The van der Waals surface area contributed by atoms with Crippen molar-refractivity contribution < 1.29 is 9.13 Å². The summed E-state index contributed by atoms with van der Waals surface area (Å²) in [5, 5.41) is 3.24. The van der Waals surface area contributed by atoms with Gasteiger partial charge < -0.3 is 14.6 Å². The van der Waals surface area contributed by atoms with Gasteiger partial charge in [-0.2, -0.15) is 0 Å². The minimum Gasteiger partial charge on any atom is -0.497 e. The molecule has 3 rings (SSSR count). The van der Waals surface area contributed by atoms with Crippen molar-refractivity contribution in [1.82, 2.24) is 14.9 Å². The van der Waals surface area contributed by atoms with Gasteiger partial charge >= 0.3 is 0 Å². The Morgan fingerprint density at radius 1 is 1.44 bits per heavy atom. The van der Waals surface area contributed by atoms with Gasteiger partial charge in [0.05, 0.1) is 19.3 Å². The second-order valence-electron chi connectivity index (χ2n) is 4.26. The van der Waals surface area contributed by atoms with Crippen LogP contribution in [0.2, 0.25) is 0 Å². The topological polar surface area (TPSA) is 39.1 Å². The molecule has 1 aliphatic rings.